The maximum Gasteiger partial charge on any atom is 0.325 e. The van der Waals surface area contributed by atoms with E-state index in [0.717, 1.165) is 11.1 Å². The number of carbonyl (C=O) groups is 2. The third kappa shape index (κ3) is 3.98. The molecule has 0 bridgehead atoms. The lowest BCUT2D eigenvalue weighted by Crippen LogP contribution is -2.30. The molecule has 0 saturated carbocycles. The van der Waals surface area contributed by atoms with E-state index in [1.807, 2.05) is 48.5 Å². The van der Waals surface area contributed by atoms with Crippen LogP contribution in [0, 0.1) is 0 Å². The predicted molar refractivity (Wildman–Crippen MR) is 102 cm³/mol. The van der Waals surface area contributed by atoms with Crippen LogP contribution in [-0.2, 0) is 9.53 Å². The van der Waals surface area contributed by atoms with Gasteiger partial charge in [-0.25, -0.2) is 4.98 Å². The van der Waals surface area contributed by atoms with Gasteiger partial charge in [-0.05, 0) is 17.5 Å². The highest BCUT2D eigenvalue weighted by Crippen LogP contribution is 2.31. The van der Waals surface area contributed by atoms with E-state index in [1.165, 1.54) is 13.3 Å². The van der Waals surface area contributed by atoms with Crippen LogP contribution in [-0.4, -0.2) is 37.6 Å². The number of nitrogens with one attached hydrogen (secondary N) is 2. The summed E-state index contributed by atoms with van der Waals surface area (Å²) in [5.74, 6) is 0.367. The van der Waals surface area contributed by atoms with Gasteiger partial charge in [0.2, 0.25) is 0 Å². The number of esters is 1. The number of hydrogen-bond acceptors (Lipinski definition) is 6. The van der Waals surface area contributed by atoms with E-state index in [2.05, 4.69) is 20.4 Å². The molecule has 3 rings (SSSR count). The summed E-state index contributed by atoms with van der Waals surface area (Å²) < 4.78 is 9.90. The Morgan fingerprint density at radius 2 is 1.70 bits per heavy atom. The molecule has 7 nitrogen and oxygen atoms in total. The summed E-state index contributed by atoms with van der Waals surface area (Å²) in [5, 5.41) is 7.27. The molecule has 0 aliphatic carbocycles. The van der Waals surface area contributed by atoms with Crippen LogP contribution in [0.3, 0.4) is 0 Å². The number of fused-ring (bicyclic) bond motifs is 1. The highest BCUT2D eigenvalue weighted by molar-refractivity contribution is 6.10. The second-order valence-electron chi connectivity index (χ2n) is 5.65. The molecular weight excluding hydrogens is 346 g/mol. The summed E-state index contributed by atoms with van der Waals surface area (Å²) in [6.07, 6.45) is 1.48. The van der Waals surface area contributed by atoms with Gasteiger partial charge in [0.15, 0.2) is 0 Å². The third-order valence-corrected chi connectivity index (χ3v) is 4.02. The number of benzene rings is 2. The maximum atomic E-state index is 12.4. The molecule has 0 unspecified atom stereocenters. The minimum atomic E-state index is -0.518. The molecule has 3 aromatic rings. The van der Waals surface area contributed by atoms with Gasteiger partial charge in [0.1, 0.15) is 18.1 Å². The number of nitrogens with zero attached hydrogens (tertiary/aromatic N) is 1. The highest BCUT2D eigenvalue weighted by atomic mass is 16.5. The van der Waals surface area contributed by atoms with Crippen molar-refractivity contribution in [1.82, 2.24) is 10.3 Å². The van der Waals surface area contributed by atoms with Crippen molar-refractivity contribution < 1.29 is 19.1 Å². The van der Waals surface area contributed by atoms with Crippen molar-refractivity contribution in [3.05, 3.63) is 60.3 Å². The van der Waals surface area contributed by atoms with Crippen LogP contribution in [0.2, 0.25) is 0 Å². The quantitative estimate of drug-likeness (QED) is 0.653. The smallest absolute Gasteiger partial charge is 0.325 e. The average molecular weight is 365 g/mol. The normalized spacial score (nSPS) is 10.3. The lowest BCUT2D eigenvalue weighted by molar-refractivity contribution is -0.139. The Hall–Kier alpha value is -3.61. The van der Waals surface area contributed by atoms with Crippen LogP contribution in [0.25, 0.3) is 10.8 Å². The Balaban J connectivity index is 1.96. The first-order valence-corrected chi connectivity index (χ1v) is 8.27. The molecule has 0 atom stereocenters. The number of carbonyl (C=O) groups excluding carboxylic acids is 2. The van der Waals surface area contributed by atoms with Gasteiger partial charge < -0.3 is 20.1 Å². The topological polar surface area (TPSA) is 89.5 Å². The van der Waals surface area contributed by atoms with Crippen molar-refractivity contribution >= 4 is 34.2 Å². The van der Waals surface area contributed by atoms with Crippen molar-refractivity contribution in [3.8, 4) is 5.75 Å². The molecule has 0 spiro atoms. The van der Waals surface area contributed by atoms with Gasteiger partial charge in [-0.15, -0.1) is 0 Å². The standard InChI is InChI=1S/C20H19N3O4/c1-26-17-10-6-5-9-16(17)23-19-14-8-4-3-7-13(14)15(11-21-19)20(25)22-12-18(24)27-2/h3-11H,12H2,1-2H3,(H,21,23)(H,22,25). The Kier molecular flexibility index (Phi) is 5.51. The van der Waals surface area contributed by atoms with Crippen LogP contribution < -0.4 is 15.4 Å². The lowest BCUT2D eigenvalue weighted by Gasteiger charge is -2.14. The summed E-state index contributed by atoms with van der Waals surface area (Å²) >= 11 is 0. The van der Waals surface area contributed by atoms with Gasteiger partial charge in [-0.2, -0.15) is 0 Å². The van der Waals surface area contributed by atoms with Crippen molar-refractivity contribution in [3.63, 3.8) is 0 Å². The minimum absolute atomic E-state index is 0.203. The Morgan fingerprint density at radius 1 is 1.00 bits per heavy atom. The van der Waals surface area contributed by atoms with Crippen molar-refractivity contribution in [2.45, 2.75) is 0 Å². The second kappa shape index (κ2) is 8.18. The molecule has 7 heteroatoms. The Morgan fingerprint density at radius 3 is 2.44 bits per heavy atom. The van der Waals surface area contributed by atoms with Crippen molar-refractivity contribution in [2.24, 2.45) is 0 Å². The van der Waals surface area contributed by atoms with E-state index in [1.54, 1.807) is 7.11 Å². The van der Waals surface area contributed by atoms with Gasteiger partial charge in [-0.3, -0.25) is 9.59 Å². The van der Waals surface area contributed by atoms with Crippen molar-refractivity contribution in [2.75, 3.05) is 26.1 Å². The molecule has 2 aromatic carbocycles. The van der Waals surface area contributed by atoms with E-state index in [0.29, 0.717) is 22.5 Å². The van der Waals surface area contributed by atoms with E-state index in [9.17, 15) is 9.59 Å². The third-order valence-electron chi connectivity index (χ3n) is 4.02. The van der Waals surface area contributed by atoms with E-state index in [4.69, 9.17) is 4.74 Å². The average Bonchev–Trinajstić information content (AvgIpc) is 2.72. The number of anilines is 2. The Labute approximate surface area is 156 Å². The molecule has 27 heavy (non-hydrogen) atoms. The summed E-state index contributed by atoms with van der Waals surface area (Å²) in [4.78, 5) is 28.1. The van der Waals surface area contributed by atoms with Crippen LogP contribution in [0.1, 0.15) is 10.4 Å². The van der Waals surface area contributed by atoms with Crippen molar-refractivity contribution in [1.29, 1.82) is 0 Å². The number of methoxy groups -OCH3 is 2. The number of ether oxygens (including phenoxy) is 2. The first-order chi connectivity index (χ1) is 13.1. The van der Waals surface area contributed by atoms with Crippen LogP contribution in [0.5, 0.6) is 5.75 Å². The zero-order valence-electron chi connectivity index (χ0n) is 15.0. The lowest BCUT2D eigenvalue weighted by atomic mass is 10.1. The zero-order valence-corrected chi connectivity index (χ0v) is 15.0. The minimum Gasteiger partial charge on any atom is -0.495 e. The van der Waals surface area contributed by atoms with Gasteiger partial charge in [0.25, 0.3) is 5.91 Å². The zero-order chi connectivity index (χ0) is 19.2. The highest BCUT2D eigenvalue weighted by Gasteiger charge is 2.15. The van der Waals surface area contributed by atoms with Gasteiger partial charge in [0.05, 0.1) is 25.5 Å². The number of hydrogen-bond donors (Lipinski definition) is 2. The summed E-state index contributed by atoms with van der Waals surface area (Å²) in [6.45, 7) is -0.203. The van der Waals surface area contributed by atoms with E-state index in [-0.39, 0.29) is 6.54 Å². The fourth-order valence-electron chi connectivity index (χ4n) is 2.67. The molecule has 0 aliphatic rings. The molecule has 1 heterocycles. The molecule has 0 fully saturated rings. The summed E-state index contributed by atoms with van der Waals surface area (Å²) in [7, 11) is 2.87. The molecule has 0 aliphatic heterocycles. The molecule has 138 valence electrons. The number of amides is 1. The first kappa shape index (κ1) is 18.2. The maximum absolute atomic E-state index is 12.4. The van der Waals surface area contributed by atoms with Crippen LogP contribution >= 0.6 is 0 Å². The predicted octanol–water partition coefficient (Wildman–Crippen LogP) is 2.89. The van der Waals surface area contributed by atoms with E-state index < -0.39 is 11.9 Å². The number of aromatic nitrogens is 1. The molecule has 0 saturated heterocycles. The SMILES string of the molecule is COC(=O)CNC(=O)c1cnc(Nc2ccccc2OC)c2ccccc12. The molecular formula is C20H19N3O4. The monoisotopic (exact) mass is 365 g/mol. The van der Waals surface area contributed by atoms with Gasteiger partial charge in [0, 0.05) is 11.6 Å². The second-order valence-corrected chi connectivity index (χ2v) is 5.65. The summed E-state index contributed by atoms with van der Waals surface area (Å²) in [6, 6.07) is 14.9. The van der Waals surface area contributed by atoms with Gasteiger partial charge >= 0.3 is 5.97 Å². The van der Waals surface area contributed by atoms with E-state index >= 15 is 0 Å². The number of para-hydroxylation sites is 2. The molecule has 1 aromatic heterocycles. The number of rotatable bonds is 6. The molecule has 0 radical (unpaired) electrons. The van der Waals surface area contributed by atoms with Crippen LogP contribution in [0.15, 0.2) is 54.7 Å². The van der Waals surface area contributed by atoms with Crippen LogP contribution in [0.4, 0.5) is 11.5 Å². The summed E-state index contributed by atoms with van der Waals surface area (Å²) in [5.41, 5.74) is 1.14. The molecule has 2 N–H and O–H groups in total. The largest absolute Gasteiger partial charge is 0.495 e. The molecule has 1 amide bonds. The fourth-order valence-corrected chi connectivity index (χ4v) is 2.67. The Bertz CT molecular complexity index is 988. The fraction of sp³-hybridized carbons (Fsp3) is 0.150. The first-order valence-electron chi connectivity index (χ1n) is 8.27. The van der Waals surface area contributed by atoms with Gasteiger partial charge in [-0.1, -0.05) is 36.4 Å². The number of pyridine rings is 1.